The van der Waals surface area contributed by atoms with Crippen molar-refractivity contribution in [1.29, 1.82) is 0 Å². The SMILES string of the molecule is COc1ccc(C)cc1CN1CCC(C)CC1C(=O)O. The summed E-state index contributed by atoms with van der Waals surface area (Å²) in [7, 11) is 1.65. The zero-order chi connectivity index (χ0) is 14.7. The number of hydrogen-bond acceptors (Lipinski definition) is 3. The molecule has 0 bridgehead atoms. The van der Waals surface area contributed by atoms with E-state index in [1.54, 1.807) is 7.11 Å². The van der Waals surface area contributed by atoms with Crippen molar-refractivity contribution in [1.82, 2.24) is 4.90 Å². The van der Waals surface area contributed by atoms with Gasteiger partial charge < -0.3 is 9.84 Å². The van der Waals surface area contributed by atoms with Gasteiger partial charge >= 0.3 is 5.97 Å². The van der Waals surface area contributed by atoms with Gasteiger partial charge in [0.25, 0.3) is 0 Å². The number of ether oxygens (including phenoxy) is 1. The number of carbonyl (C=O) groups is 1. The summed E-state index contributed by atoms with van der Waals surface area (Å²) < 4.78 is 5.38. The lowest BCUT2D eigenvalue weighted by atomic mass is 9.92. The molecule has 0 spiro atoms. The van der Waals surface area contributed by atoms with E-state index in [9.17, 15) is 9.90 Å². The molecule has 0 aromatic heterocycles. The Labute approximate surface area is 120 Å². The largest absolute Gasteiger partial charge is 0.496 e. The van der Waals surface area contributed by atoms with Crippen LogP contribution in [0.15, 0.2) is 18.2 Å². The van der Waals surface area contributed by atoms with Gasteiger partial charge in [0.1, 0.15) is 11.8 Å². The molecule has 2 rings (SSSR count). The molecule has 0 radical (unpaired) electrons. The van der Waals surface area contributed by atoms with Crippen LogP contribution < -0.4 is 4.74 Å². The van der Waals surface area contributed by atoms with Crippen LogP contribution >= 0.6 is 0 Å². The Balaban J connectivity index is 2.19. The van der Waals surface area contributed by atoms with E-state index in [0.717, 1.165) is 36.3 Å². The van der Waals surface area contributed by atoms with Gasteiger partial charge in [0.2, 0.25) is 0 Å². The fourth-order valence-corrected chi connectivity index (χ4v) is 2.89. The number of aliphatic carboxylic acids is 1. The van der Waals surface area contributed by atoms with Gasteiger partial charge in [0, 0.05) is 12.1 Å². The molecule has 1 aliphatic heterocycles. The molecule has 1 fully saturated rings. The maximum atomic E-state index is 11.4. The Morgan fingerprint density at radius 3 is 2.90 bits per heavy atom. The molecule has 1 aromatic rings. The van der Waals surface area contributed by atoms with Crippen LogP contribution in [0.5, 0.6) is 5.75 Å². The molecule has 0 amide bonds. The average Bonchev–Trinajstić information content (AvgIpc) is 2.41. The molecule has 0 saturated carbocycles. The zero-order valence-electron chi connectivity index (χ0n) is 12.4. The maximum absolute atomic E-state index is 11.4. The first-order valence-corrected chi connectivity index (χ1v) is 7.11. The Bertz CT molecular complexity index is 487. The Morgan fingerprint density at radius 1 is 1.50 bits per heavy atom. The second-order valence-electron chi connectivity index (χ2n) is 5.77. The van der Waals surface area contributed by atoms with Crippen molar-refractivity contribution < 1.29 is 14.6 Å². The highest BCUT2D eigenvalue weighted by molar-refractivity contribution is 5.73. The van der Waals surface area contributed by atoms with Crippen molar-refractivity contribution in [3.63, 3.8) is 0 Å². The fourth-order valence-electron chi connectivity index (χ4n) is 2.89. The molecule has 1 saturated heterocycles. The summed E-state index contributed by atoms with van der Waals surface area (Å²) in [6.07, 6.45) is 1.78. The molecule has 110 valence electrons. The van der Waals surface area contributed by atoms with Crippen molar-refractivity contribution in [3.8, 4) is 5.75 Å². The Hall–Kier alpha value is -1.55. The first-order valence-electron chi connectivity index (χ1n) is 7.11. The zero-order valence-corrected chi connectivity index (χ0v) is 12.4. The number of benzene rings is 1. The highest BCUT2D eigenvalue weighted by atomic mass is 16.5. The van der Waals surface area contributed by atoms with Gasteiger partial charge in [-0.15, -0.1) is 0 Å². The third-order valence-electron chi connectivity index (χ3n) is 4.07. The van der Waals surface area contributed by atoms with Gasteiger partial charge in [0.05, 0.1) is 7.11 Å². The van der Waals surface area contributed by atoms with Crippen LogP contribution in [0.1, 0.15) is 30.9 Å². The lowest BCUT2D eigenvalue weighted by molar-refractivity contribution is -0.145. The van der Waals surface area contributed by atoms with E-state index < -0.39 is 5.97 Å². The van der Waals surface area contributed by atoms with Crippen LogP contribution in [-0.2, 0) is 11.3 Å². The summed E-state index contributed by atoms with van der Waals surface area (Å²) >= 11 is 0. The summed E-state index contributed by atoms with van der Waals surface area (Å²) in [5.74, 6) is 0.591. The van der Waals surface area contributed by atoms with Gasteiger partial charge in [-0.2, -0.15) is 0 Å². The number of aryl methyl sites for hydroxylation is 1. The highest BCUT2D eigenvalue weighted by Crippen LogP contribution is 2.27. The number of nitrogens with zero attached hydrogens (tertiary/aromatic N) is 1. The van der Waals surface area contributed by atoms with E-state index >= 15 is 0 Å². The van der Waals surface area contributed by atoms with Crippen LogP contribution in [0.2, 0.25) is 0 Å². The Morgan fingerprint density at radius 2 is 2.25 bits per heavy atom. The van der Waals surface area contributed by atoms with E-state index in [4.69, 9.17) is 4.74 Å². The van der Waals surface area contributed by atoms with Crippen LogP contribution in [0.25, 0.3) is 0 Å². The predicted molar refractivity (Wildman–Crippen MR) is 78.0 cm³/mol. The number of likely N-dealkylation sites (tertiary alicyclic amines) is 1. The van der Waals surface area contributed by atoms with Crippen molar-refractivity contribution in [2.45, 2.75) is 39.3 Å². The van der Waals surface area contributed by atoms with E-state index in [1.807, 2.05) is 19.1 Å². The highest BCUT2D eigenvalue weighted by Gasteiger charge is 2.31. The second-order valence-corrected chi connectivity index (χ2v) is 5.77. The van der Waals surface area contributed by atoms with Crippen molar-refractivity contribution in [2.24, 2.45) is 5.92 Å². The van der Waals surface area contributed by atoms with Crippen LogP contribution in [0.3, 0.4) is 0 Å². The predicted octanol–water partition coefficient (Wildman–Crippen LogP) is 2.69. The lowest BCUT2D eigenvalue weighted by Crippen LogP contribution is -2.46. The van der Waals surface area contributed by atoms with Gasteiger partial charge in [0.15, 0.2) is 0 Å². The monoisotopic (exact) mass is 277 g/mol. The topological polar surface area (TPSA) is 49.8 Å². The molecule has 4 heteroatoms. The number of methoxy groups -OCH3 is 1. The minimum atomic E-state index is -0.719. The van der Waals surface area contributed by atoms with E-state index in [2.05, 4.69) is 17.9 Å². The smallest absolute Gasteiger partial charge is 0.320 e. The second kappa shape index (κ2) is 6.27. The van der Waals surface area contributed by atoms with Gasteiger partial charge in [-0.1, -0.05) is 24.6 Å². The summed E-state index contributed by atoms with van der Waals surface area (Å²) in [5, 5.41) is 9.41. The molecule has 1 aromatic carbocycles. The first-order chi connectivity index (χ1) is 9.51. The van der Waals surface area contributed by atoms with E-state index in [1.165, 1.54) is 0 Å². The molecule has 2 unspecified atom stereocenters. The normalized spacial score (nSPS) is 23.6. The van der Waals surface area contributed by atoms with E-state index in [-0.39, 0.29) is 6.04 Å². The molecule has 1 aliphatic rings. The maximum Gasteiger partial charge on any atom is 0.320 e. The summed E-state index contributed by atoms with van der Waals surface area (Å²) in [6, 6.07) is 5.65. The summed E-state index contributed by atoms with van der Waals surface area (Å²) in [4.78, 5) is 13.5. The number of piperidine rings is 1. The quantitative estimate of drug-likeness (QED) is 0.919. The number of rotatable bonds is 4. The minimum Gasteiger partial charge on any atom is -0.496 e. The van der Waals surface area contributed by atoms with Crippen molar-refractivity contribution in [3.05, 3.63) is 29.3 Å². The van der Waals surface area contributed by atoms with Gasteiger partial charge in [-0.05, 0) is 38.3 Å². The van der Waals surface area contributed by atoms with Crippen LogP contribution in [-0.4, -0.2) is 35.7 Å². The Kier molecular flexibility index (Phi) is 4.65. The summed E-state index contributed by atoms with van der Waals surface area (Å²) in [6.45, 7) is 5.63. The molecular formula is C16H23NO3. The fraction of sp³-hybridized carbons (Fsp3) is 0.562. The molecule has 20 heavy (non-hydrogen) atoms. The molecule has 1 N–H and O–H groups in total. The average molecular weight is 277 g/mol. The van der Waals surface area contributed by atoms with Crippen LogP contribution in [0, 0.1) is 12.8 Å². The van der Waals surface area contributed by atoms with Crippen molar-refractivity contribution in [2.75, 3.05) is 13.7 Å². The van der Waals surface area contributed by atoms with E-state index in [0.29, 0.717) is 12.5 Å². The molecular weight excluding hydrogens is 254 g/mol. The number of hydrogen-bond donors (Lipinski definition) is 1. The summed E-state index contributed by atoms with van der Waals surface area (Å²) in [5.41, 5.74) is 2.23. The number of carboxylic acids is 1. The molecule has 4 nitrogen and oxygen atoms in total. The lowest BCUT2D eigenvalue weighted by Gasteiger charge is -2.36. The van der Waals surface area contributed by atoms with Gasteiger partial charge in [-0.25, -0.2) is 0 Å². The molecule has 2 atom stereocenters. The third-order valence-corrected chi connectivity index (χ3v) is 4.07. The number of carboxylic acid groups (broad SMARTS) is 1. The molecule has 0 aliphatic carbocycles. The van der Waals surface area contributed by atoms with Crippen molar-refractivity contribution >= 4 is 5.97 Å². The third kappa shape index (κ3) is 3.31. The first kappa shape index (κ1) is 14.9. The minimum absolute atomic E-state index is 0.385. The standard InChI is InChI=1S/C16H23NO3/c1-11-4-5-15(20-3)13(8-11)10-17-7-6-12(2)9-14(17)16(18)19/h4-5,8,12,14H,6-7,9-10H2,1-3H3,(H,18,19). The van der Waals surface area contributed by atoms with Crippen LogP contribution in [0.4, 0.5) is 0 Å². The van der Waals surface area contributed by atoms with Gasteiger partial charge in [-0.3, -0.25) is 9.69 Å². The molecule has 1 heterocycles.